The third kappa shape index (κ3) is 2.95. The Balaban J connectivity index is 1.99. The summed E-state index contributed by atoms with van der Waals surface area (Å²) >= 11 is 3.34. The monoisotopic (exact) mass is 299 g/mol. The van der Waals surface area contributed by atoms with Gasteiger partial charge in [0, 0.05) is 26.0 Å². The largest absolute Gasteiger partial charge is 0.379 e. The molecule has 1 aromatic heterocycles. The number of halogens is 1. The Hall–Kier alpha value is -1.14. The van der Waals surface area contributed by atoms with E-state index < -0.39 is 0 Å². The van der Waals surface area contributed by atoms with Crippen molar-refractivity contribution in [2.45, 2.75) is 12.5 Å². The van der Waals surface area contributed by atoms with Crippen LogP contribution in [0.4, 0.5) is 10.5 Å². The molecule has 1 aromatic rings. The van der Waals surface area contributed by atoms with Gasteiger partial charge in [-0.15, -0.1) is 0 Å². The van der Waals surface area contributed by atoms with Crippen molar-refractivity contribution in [1.29, 1.82) is 0 Å². The zero-order chi connectivity index (χ0) is 12.3. The molecule has 0 spiro atoms. The molecule has 0 aliphatic carbocycles. The molecule has 2 heterocycles. The number of ether oxygens (including phenoxy) is 1. The normalized spacial score (nSPS) is 19.1. The molecule has 17 heavy (non-hydrogen) atoms. The number of carbonyl (C=O) groups excluding carboxylic acids is 1. The lowest BCUT2D eigenvalue weighted by Crippen LogP contribution is -2.40. The number of rotatable bonds is 2. The maximum Gasteiger partial charge on any atom is 0.321 e. The van der Waals surface area contributed by atoms with Gasteiger partial charge in [0.25, 0.3) is 0 Å². The smallest absolute Gasteiger partial charge is 0.321 e. The summed E-state index contributed by atoms with van der Waals surface area (Å²) in [6.45, 7) is 1.34. The topological polar surface area (TPSA) is 54.5 Å². The van der Waals surface area contributed by atoms with Crippen molar-refractivity contribution in [3.8, 4) is 0 Å². The molecular weight excluding hydrogens is 286 g/mol. The van der Waals surface area contributed by atoms with Crippen LogP contribution in [0.25, 0.3) is 0 Å². The summed E-state index contributed by atoms with van der Waals surface area (Å²) in [6.07, 6.45) is 4.18. The van der Waals surface area contributed by atoms with Gasteiger partial charge in [-0.05, 0) is 28.4 Å². The van der Waals surface area contributed by atoms with Gasteiger partial charge in [0.15, 0.2) is 0 Å². The average molecular weight is 300 g/mol. The van der Waals surface area contributed by atoms with E-state index >= 15 is 0 Å². The van der Waals surface area contributed by atoms with Gasteiger partial charge in [0.1, 0.15) is 0 Å². The second kappa shape index (κ2) is 5.46. The number of nitrogens with one attached hydrogen (secondary N) is 1. The van der Waals surface area contributed by atoms with E-state index in [-0.39, 0.29) is 12.1 Å². The van der Waals surface area contributed by atoms with Crippen LogP contribution in [0.5, 0.6) is 0 Å². The van der Waals surface area contributed by atoms with Crippen molar-refractivity contribution < 1.29 is 9.53 Å². The van der Waals surface area contributed by atoms with Gasteiger partial charge < -0.3 is 15.0 Å². The summed E-state index contributed by atoms with van der Waals surface area (Å²) in [6, 6.07) is 1.78. The highest BCUT2D eigenvalue weighted by atomic mass is 79.9. The Morgan fingerprint density at radius 1 is 1.71 bits per heavy atom. The van der Waals surface area contributed by atoms with Crippen LogP contribution in [0.15, 0.2) is 22.9 Å². The number of likely N-dealkylation sites (N-methyl/N-ethyl adjacent to an activating group) is 1. The number of amides is 2. The van der Waals surface area contributed by atoms with Crippen molar-refractivity contribution in [3.05, 3.63) is 22.9 Å². The summed E-state index contributed by atoms with van der Waals surface area (Å²) in [4.78, 5) is 17.6. The van der Waals surface area contributed by atoms with Gasteiger partial charge in [-0.1, -0.05) is 0 Å². The van der Waals surface area contributed by atoms with Crippen molar-refractivity contribution in [1.82, 2.24) is 9.88 Å². The third-order valence-electron chi connectivity index (χ3n) is 2.79. The van der Waals surface area contributed by atoms with E-state index in [2.05, 4.69) is 26.2 Å². The Bertz CT molecular complexity index is 407. The van der Waals surface area contributed by atoms with Crippen LogP contribution in [-0.2, 0) is 4.74 Å². The predicted octanol–water partition coefficient (Wildman–Crippen LogP) is 2.10. The zero-order valence-corrected chi connectivity index (χ0v) is 11.1. The van der Waals surface area contributed by atoms with Gasteiger partial charge >= 0.3 is 6.03 Å². The van der Waals surface area contributed by atoms with Gasteiger partial charge in [-0.3, -0.25) is 4.98 Å². The number of hydrogen-bond donors (Lipinski definition) is 1. The lowest BCUT2D eigenvalue weighted by atomic mass is 10.2. The molecule has 2 amide bonds. The minimum Gasteiger partial charge on any atom is -0.379 e. The molecule has 1 aliphatic rings. The van der Waals surface area contributed by atoms with Crippen LogP contribution >= 0.6 is 15.9 Å². The van der Waals surface area contributed by atoms with Crippen LogP contribution < -0.4 is 5.32 Å². The van der Waals surface area contributed by atoms with E-state index in [1.807, 2.05) is 0 Å². The van der Waals surface area contributed by atoms with Gasteiger partial charge in [-0.25, -0.2) is 4.79 Å². The second-order valence-electron chi connectivity index (χ2n) is 3.91. The van der Waals surface area contributed by atoms with Gasteiger partial charge in [0.2, 0.25) is 0 Å². The minimum atomic E-state index is -0.132. The molecule has 0 saturated carbocycles. The third-order valence-corrected chi connectivity index (χ3v) is 3.42. The SMILES string of the molecule is CN(C(=O)Nc1ccncc1Br)C1CCOC1. The van der Waals surface area contributed by atoms with Crippen molar-refractivity contribution in [2.75, 3.05) is 25.6 Å². The van der Waals surface area contributed by atoms with E-state index in [4.69, 9.17) is 4.74 Å². The molecule has 1 aliphatic heterocycles. The zero-order valence-electron chi connectivity index (χ0n) is 9.52. The van der Waals surface area contributed by atoms with E-state index in [1.165, 1.54) is 0 Å². The highest BCUT2D eigenvalue weighted by Gasteiger charge is 2.24. The molecule has 1 atom stereocenters. The number of pyridine rings is 1. The Morgan fingerprint density at radius 3 is 3.18 bits per heavy atom. The first-order valence-corrected chi connectivity index (χ1v) is 6.19. The molecule has 5 nitrogen and oxygen atoms in total. The summed E-state index contributed by atoms with van der Waals surface area (Å²) in [5.41, 5.74) is 0.718. The summed E-state index contributed by atoms with van der Waals surface area (Å²) in [5, 5.41) is 2.83. The highest BCUT2D eigenvalue weighted by Crippen LogP contribution is 2.21. The van der Waals surface area contributed by atoms with E-state index in [0.29, 0.717) is 6.61 Å². The number of carbonyl (C=O) groups is 1. The van der Waals surface area contributed by atoms with Crippen LogP contribution in [0.2, 0.25) is 0 Å². The summed E-state index contributed by atoms with van der Waals surface area (Å²) in [5.74, 6) is 0. The first kappa shape index (κ1) is 12.3. The fraction of sp³-hybridized carbons (Fsp3) is 0.455. The minimum absolute atomic E-state index is 0.132. The molecule has 1 saturated heterocycles. The van der Waals surface area contributed by atoms with Crippen molar-refractivity contribution in [3.63, 3.8) is 0 Å². The first-order valence-electron chi connectivity index (χ1n) is 5.39. The van der Waals surface area contributed by atoms with Crippen LogP contribution in [0, 0.1) is 0 Å². The van der Waals surface area contributed by atoms with Crippen LogP contribution in [-0.4, -0.2) is 42.2 Å². The van der Waals surface area contributed by atoms with E-state index in [1.54, 1.807) is 30.4 Å². The van der Waals surface area contributed by atoms with E-state index in [9.17, 15) is 4.79 Å². The van der Waals surface area contributed by atoms with Gasteiger partial charge in [-0.2, -0.15) is 0 Å². The van der Waals surface area contributed by atoms with Crippen molar-refractivity contribution in [2.24, 2.45) is 0 Å². The lowest BCUT2D eigenvalue weighted by molar-refractivity contribution is 0.164. The van der Waals surface area contributed by atoms with Crippen LogP contribution in [0.1, 0.15) is 6.42 Å². The number of anilines is 1. The average Bonchev–Trinajstić information content (AvgIpc) is 2.84. The predicted molar refractivity (Wildman–Crippen MR) is 67.9 cm³/mol. The number of aromatic nitrogens is 1. The van der Waals surface area contributed by atoms with Gasteiger partial charge in [0.05, 0.1) is 22.8 Å². The van der Waals surface area contributed by atoms with Crippen LogP contribution in [0.3, 0.4) is 0 Å². The maximum atomic E-state index is 12.0. The molecule has 6 heteroatoms. The fourth-order valence-corrected chi connectivity index (χ4v) is 2.02. The van der Waals surface area contributed by atoms with Crippen molar-refractivity contribution >= 4 is 27.6 Å². The Kier molecular flexibility index (Phi) is 3.96. The molecule has 1 unspecified atom stereocenters. The number of hydrogen-bond acceptors (Lipinski definition) is 3. The molecule has 2 rings (SSSR count). The number of nitrogens with zero attached hydrogens (tertiary/aromatic N) is 2. The Labute approximate surface area is 108 Å². The van der Waals surface area contributed by atoms with E-state index in [0.717, 1.165) is 23.2 Å². The summed E-state index contributed by atoms with van der Waals surface area (Å²) < 4.78 is 6.03. The Morgan fingerprint density at radius 2 is 2.53 bits per heavy atom. The molecule has 0 bridgehead atoms. The molecule has 0 radical (unpaired) electrons. The lowest BCUT2D eigenvalue weighted by Gasteiger charge is -2.23. The highest BCUT2D eigenvalue weighted by molar-refractivity contribution is 9.10. The molecule has 0 aromatic carbocycles. The fourth-order valence-electron chi connectivity index (χ4n) is 1.67. The summed E-state index contributed by atoms with van der Waals surface area (Å²) in [7, 11) is 1.78. The second-order valence-corrected chi connectivity index (χ2v) is 4.77. The molecule has 92 valence electrons. The first-order chi connectivity index (χ1) is 8.18. The molecular formula is C11H14BrN3O2. The molecule has 1 N–H and O–H groups in total. The number of urea groups is 1. The standard InChI is InChI=1S/C11H14BrN3O2/c1-15(8-3-5-17-7-8)11(16)14-10-2-4-13-6-9(10)12/h2,4,6,8H,3,5,7H2,1H3,(H,13,14,16). The quantitative estimate of drug-likeness (QED) is 0.910. The maximum absolute atomic E-state index is 12.0. The molecule has 1 fully saturated rings.